The number of rotatable bonds is 5. The van der Waals surface area contributed by atoms with Crippen molar-refractivity contribution in [3.05, 3.63) is 113 Å². The van der Waals surface area contributed by atoms with Gasteiger partial charge in [-0.05, 0) is 36.2 Å². The lowest BCUT2D eigenvalue weighted by molar-refractivity contribution is -0.118. The van der Waals surface area contributed by atoms with Crippen molar-refractivity contribution in [3.63, 3.8) is 0 Å². The minimum Gasteiger partial charge on any atom is -0.468 e. The van der Waals surface area contributed by atoms with Crippen LogP contribution in [0.25, 0.3) is 28.1 Å². The molecule has 1 aliphatic carbocycles. The van der Waals surface area contributed by atoms with Gasteiger partial charge in [0.05, 0.1) is 28.0 Å². The maximum Gasteiger partial charge on any atom is 0.297 e. The lowest BCUT2D eigenvalue weighted by Crippen LogP contribution is -2.63. The Morgan fingerprint density at radius 3 is 2.11 bits per heavy atom. The van der Waals surface area contributed by atoms with Crippen molar-refractivity contribution in [2.24, 2.45) is 0 Å². The molecule has 0 spiro atoms. The van der Waals surface area contributed by atoms with Crippen LogP contribution < -0.4 is 4.74 Å². The normalized spacial score (nSPS) is 21.7. The van der Waals surface area contributed by atoms with Crippen molar-refractivity contribution in [3.8, 4) is 34.0 Å². The second-order valence-electron chi connectivity index (χ2n) is 11.9. The van der Waals surface area contributed by atoms with E-state index in [4.69, 9.17) is 9.72 Å². The molecular weight excluding hydrogens is 580 g/mol. The number of hydrogen-bond donors (Lipinski definition) is 1. The van der Waals surface area contributed by atoms with Crippen molar-refractivity contribution in [1.82, 2.24) is 24.6 Å². The van der Waals surface area contributed by atoms with Crippen LogP contribution >= 0.6 is 0 Å². The molecule has 2 aromatic heterocycles. The van der Waals surface area contributed by atoms with E-state index in [1.165, 1.54) is 9.47 Å². The van der Waals surface area contributed by atoms with Gasteiger partial charge in [0.2, 0.25) is 11.7 Å². The molecule has 2 aliphatic heterocycles. The van der Waals surface area contributed by atoms with Gasteiger partial charge in [-0.25, -0.2) is 13.8 Å². The van der Waals surface area contributed by atoms with Crippen LogP contribution in [0.4, 0.5) is 8.78 Å². The number of amides is 2. The van der Waals surface area contributed by atoms with Crippen molar-refractivity contribution in [1.29, 1.82) is 0 Å². The van der Waals surface area contributed by atoms with Gasteiger partial charge in [0.1, 0.15) is 5.69 Å². The lowest BCUT2D eigenvalue weighted by atomic mass is 9.61. The van der Waals surface area contributed by atoms with Gasteiger partial charge in [-0.3, -0.25) is 19.1 Å². The minimum absolute atomic E-state index is 0.0640. The first kappa shape index (κ1) is 27.3. The molecule has 5 aromatic rings. The van der Waals surface area contributed by atoms with Crippen LogP contribution in [0.1, 0.15) is 64.1 Å². The summed E-state index contributed by atoms with van der Waals surface area (Å²) < 4.78 is 34.9. The van der Waals surface area contributed by atoms with Gasteiger partial charge in [0.25, 0.3) is 18.2 Å². The number of nitrogens with zero attached hydrogens (tertiary/aromatic N) is 5. The summed E-state index contributed by atoms with van der Waals surface area (Å²) in [7, 11) is 0. The number of aromatic nitrogens is 4. The smallest absolute Gasteiger partial charge is 0.297 e. The number of imide groups is 1. The van der Waals surface area contributed by atoms with Crippen LogP contribution in [0.2, 0.25) is 0 Å². The maximum absolute atomic E-state index is 13.9. The van der Waals surface area contributed by atoms with Crippen molar-refractivity contribution in [2.45, 2.75) is 43.9 Å². The Bertz CT molecular complexity index is 1980. The molecule has 0 atom stereocenters. The van der Waals surface area contributed by atoms with Crippen LogP contribution in [-0.2, 0) is 12.1 Å². The highest BCUT2D eigenvalue weighted by Gasteiger charge is 2.60. The Morgan fingerprint density at radius 1 is 0.844 bits per heavy atom. The second kappa shape index (κ2) is 9.60. The van der Waals surface area contributed by atoms with E-state index in [-0.39, 0.29) is 43.0 Å². The SMILES string of the molecule is CC1(O)CC(c2ccc(-c3nc4c(cc3-c3ccccc3)-n3c(nnc3C(F)F)CO4)cc2)(N2C(=O)c3ccccc3C2=O)C1. The Morgan fingerprint density at radius 2 is 1.49 bits per heavy atom. The van der Waals surface area contributed by atoms with E-state index in [2.05, 4.69) is 10.2 Å². The van der Waals surface area contributed by atoms with Crippen LogP contribution in [0, 0.1) is 0 Å². The molecule has 2 amide bonds. The first-order valence-corrected chi connectivity index (χ1v) is 14.4. The van der Waals surface area contributed by atoms with Gasteiger partial charge < -0.3 is 9.84 Å². The number of fused-ring (bicyclic) bond motifs is 4. The van der Waals surface area contributed by atoms with Gasteiger partial charge in [-0.15, -0.1) is 10.2 Å². The zero-order valence-electron chi connectivity index (χ0n) is 23.9. The monoisotopic (exact) mass is 605 g/mol. The quantitative estimate of drug-likeness (QED) is 0.250. The molecule has 11 heteroatoms. The molecule has 0 bridgehead atoms. The highest BCUT2D eigenvalue weighted by molar-refractivity contribution is 6.22. The summed E-state index contributed by atoms with van der Waals surface area (Å²) in [5.74, 6) is -0.827. The molecule has 1 saturated carbocycles. The standard InChI is InChI=1S/C34H25F2N5O4/c1-33(44)17-34(18-33,41-31(42)22-9-5-6-10-23(22)32(41)43)21-13-11-20(12-14-21)27-24(19-7-3-2-4-8-19)15-25-30(37-27)45-16-26-38-39-29(28(35)36)40(25)26/h2-15,28,44H,16-18H2,1H3. The number of carbonyl (C=O) groups excluding carboxylic acids is 2. The fourth-order valence-electron chi connectivity index (χ4n) is 6.99. The predicted molar refractivity (Wildman–Crippen MR) is 158 cm³/mol. The Labute approximate surface area is 255 Å². The molecule has 224 valence electrons. The predicted octanol–water partition coefficient (Wildman–Crippen LogP) is 5.86. The fourth-order valence-corrected chi connectivity index (χ4v) is 6.99. The molecule has 3 aliphatic rings. The van der Waals surface area contributed by atoms with Crippen LogP contribution in [0.3, 0.4) is 0 Å². The number of halogens is 2. The Hall–Kier alpha value is -5.29. The minimum atomic E-state index is -2.84. The van der Waals surface area contributed by atoms with E-state index in [0.29, 0.717) is 39.2 Å². The van der Waals surface area contributed by atoms with Crippen LogP contribution in [0.5, 0.6) is 5.88 Å². The third-order valence-corrected chi connectivity index (χ3v) is 8.85. The molecule has 0 unspecified atom stereocenters. The molecule has 4 heterocycles. The molecule has 0 radical (unpaired) electrons. The maximum atomic E-state index is 13.9. The summed E-state index contributed by atoms with van der Waals surface area (Å²) in [6.45, 7) is 1.63. The summed E-state index contributed by atoms with van der Waals surface area (Å²) in [5.41, 5.74) is 2.38. The number of pyridine rings is 1. The largest absolute Gasteiger partial charge is 0.468 e. The van der Waals surface area contributed by atoms with E-state index in [1.54, 1.807) is 37.3 Å². The Kier molecular flexibility index (Phi) is 5.82. The summed E-state index contributed by atoms with van der Waals surface area (Å²) >= 11 is 0. The van der Waals surface area contributed by atoms with Crippen molar-refractivity contribution in [2.75, 3.05) is 0 Å². The first-order valence-electron chi connectivity index (χ1n) is 14.4. The third-order valence-electron chi connectivity index (χ3n) is 8.85. The van der Waals surface area contributed by atoms with Crippen molar-refractivity contribution >= 4 is 11.8 Å². The molecule has 1 fully saturated rings. The van der Waals surface area contributed by atoms with Gasteiger partial charge in [0.15, 0.2) is 12.4 Å². The average molecular weight is 606 g/mol. The number of benzene rings is 3. The van der Waals surface area contributed by atoms with Crippen LogP contribution in [-0.4, -0.2) is 47.2 Å². The van der Waals surface area contributed by atoms with E-state index >= 15 is 0 Å². The average Bonchev–Trinajstić information content (AvgIpc) is 3.59. The number of aliphatic hydroxyl groups is 1. The van der Waals surface area contributed by atoms with E-state index in [0.717, 1.165) is 5.56 Å². The molecule has 45 heavy (non-hydrogen) atoms. The fraction of sp³-hybridized carbons (Fsp3) is 0.206. The highest BCUT2D eigenvalue weighted by atomic mass is 19.3. The molecule has 1 N–H and O–H groups in total. The molecular formula is C34H25F2N5O4. The summed E-state index contributed by atoms with van der Waals surface area (Å²) in [5, 5.41) is 18.4. The lowest BCUT2D eigenvalue weighted by Gasteiger charge is -2.55. The van der Waals surface area contributed by atoms with Gasteiger partial charge in [-0.2, -0.15) is 0 Å². The first-order chi connectivity index (χ1) is 21.7. The van der Waals surface area contributed by atoms with Gasteiger partial charge in [0, 0.05) is 24.0 Å². The summed E-state index contributed by atoms with van der Waals surface area (Å²) in [4.78, 5) is 33.2. The number of carbonyl (C=O) groups is 2. The summed E-state index contributed by atoms with van der Waals surface area (Å²) in [6.07, 6.45) is -2.45. The van der Waals surface area contributed by atoms with E-state index < -0.39 is 23.4 Å². The van der Waals surface area contributed by atoms with Gasteiger partial charge in [-0.1, -0.05) is 66.7 Å². The van der Waals surface area contributed by atoms with Crippen LogP contribution in [0.15, 0.2) is 84.9 Å². The third kappa shape index (κ3) is 4.03. The molecule has 9 nitrogen and oxygen atoms in total. The number of ether oxygens (including phenoxy) is 1. The zero-order chi connectivity index (χ0) is 31.1. The zero-order valence-corrected chi connectivity index (χ0v) is 23.9. The number of hydrogen-bond acceptors (Lipinski definition) is 7. The second-order valence-corrected chi connectivity index (χ2v) is 11.9. The molecule has 3 aromatic carbocycles. The van der Waals surface area contributed by atoms with E-state index in [1.807, 2.05) is 54.6 Å². The highest BCUT2D eigenvalue weighted by Crippen LogP contribution is 2.54. The Balaban J connectivity index is 1.24. The van der Waals surface area contributed by atoms with Crippen molar-refractivity contribution < 1.29 is 28.2 Å². The molecule has 0 saturated heterocycles. The molecule has 8 rings (SSSR count). The topological polar surface area (TPSA) is 110 Å². The number of alkyl halides is 2. The van der Waals surface area contributed by atoms with E-state index in [9.17, 15) is 23.5 Å². The van der Waals surface area contributed by atoms with Gasteiger partial charge >= 0.3 is 0 Å². The summed E-state index contributed by atoms with van der Waals surface area (Å²) in [6, 6.07) is 25.3.